The molecular weight excluding hydrogens is 260 g/mol. The number of carbonyl (C=O) groups is 1. The number of rotatable bonds is 4. The number of carboxylic acid groups (broad SMARTS) is 1. The van der Waals surface area contributed by atoms with Crippen molar-refractivity contribution in [2.24, 2.45) is 0 Å². The van der Waals surface area contributed by atoms with Gasteiger partial charge in [0.15, 0.2) is 0 Å². The molecule has 0 spiro atoms. The summed E-state index contributed by atoms with van der Waals surface area (Å²) in [6, 6.07) is 10.4. The summed E-state index contributed by atoms with van der Waals surface area (Å²) in [4.78, 5) is 15.0. The molecular formula is C13H10N4O3. The van der Waals surface area contributed by atoms with Crippen LogP contribution in [-0.2, 0) is 6.54 Å². The van der Waals surface area contributed by atoms with Crippen molar-refractivity contribution in [2.45, 2.75) is 6.54 Å². The average Bonchev–Trinajstić information content (AvgIpc) is 2.94. The smallest absolute Gasteiger partial charge is 0.371 e. The third-order valence-electron chi connectivity index (χ3n) is 2.65. The number of aromatic nitrogens is 3. The van der Waals surface area contributed by atoms with Crippen molar-refractivity contribution in [1.82, 2.24) is 15.2 Å². The number of furan rings is 1. The van der Waals surface area contributed by atoms with Crippen molar-refractivity contribution in [3.63, 3.8) is 0 Å². The summed E-state index contributed by atoms with van der Waals surface area (Å²) in [5, 5.41) is 19.6. The molecule has 1 aromatic carbocycles. The van der Waals surface area contributed by atoms with Crippen LogP contribution < -0.4 is 5.32 Å². The van der Waals surface area contributed by atoms with Crippen LogP contribution in [-0.4, -0.2) is 26.3 Å². The topological polar surface area (TPSA) is 101 Å². The Labute approximate surface area is 113 Å². The molecule has 3 aromatic rings. The number of fused-ring (bicyclic) bond motifs is 1. The molecule has 0 saturated carbocycles. The summed E-state index contributed by atoms with van der Waals surface area (Å²) >= 11 is 0. The molecule has 0 aliphatic rings. The molecule has 0 aliphatic heterocycles. The molecule has 3 rings (SSSR count). The quantitative estimate of drug-likeness (QED) is 0.746. The summed E-state index contributed by atoms with van der Waals surface area (Å²) in [6.07, 6.45) is 0. The van der Waals surface area contributed by atoms with E-state index in [0.717, 1.165) is 5.52 Å². The van der Waals surface area contributed by atoms with Crippen molar-refractivity contribution in [3.05, 3.63) is 47.9 Å². The van der Waals surface area contributed by atoms with Crippen LogP contribution in [0.3, 0.4) is 0 Å². The van der Waals surface area contributed by atoms with Crippen molar-refractivity contribution in [3.8, 4) is 0 Å². The SMILES string of the molecule is O=C(O)c1ccc(CNc2nnc3ccccc3n2)o1. The van der Waals surface area contributed by atoms with Crippen LogP contribution >= 0.6 is 0 Å². The second-order valence-corrected chi connectivity index (χ2v) is 4.05. The van der Waals surface area contributed by atoms with Gasteiger partial charge in [-0.05, 0) is 24.3 Å². The molecule has 0 radical (unpaired) electrons. The van der Waals surface area contributed by atoms with Crippen LogP contribution in [0.1, 0.15) is 16.3 Å². The van der Waals surface area contributed by atoms with Gasteiger partial charge in [-0.2, -0.15) is 0 Å². The molecule has 7 heteroatoms. The highest BCUT2D eigenvalue weighted by Gasteiger charge is 2.09. The Balaban J connectivity index is 1.74. The van der Waals surface area contributed by atoms with Crippen LogP contribution in [0, 0.1) is 0 Å². The lowest BCUT2D eigenvalue weighted by molar-refractivity contribution is 0.0660. The molecule has 0 unspecified atom stereocenters. The number of hydrogen-bond donors (Lipinski definition) is 2. The highest BCUT2D eigenvalue weighted by molar-refractivity contribution is 5.84. The van der Waals surface area contributed by atoms with E-state index in [9.17, 15) is 4.79 Å². The zero-order chi connectivity index (χ0) is 13.9. The normalized spacial score (nSPS) is 10.6. The molecule has 2 heterocycles. The summed E-state index contributed by atoms with van der Waals surface area (Å²) < 4.78 is 5.12. The molecule has 2 N–H and O–H groups in total. The zero-order valence-corrected chi connectivity index (χ0v) is 10.3. The maximum absolute atomic E-state index is 10.7. The minimum Gasteiger partial charge on any atom is -0.475 e. The van der Waals surface area contributed by atoms with Gasteiger partial charge < -0.3 is 14.8 Å². The largest absolute Gasteiger partial charge is 0.475 e. The van der Waals surface area contributed by atoms with Gasteiger partial charge in [0.25, 0.3) is 0 Å². The third-order valence-corrected chi connectivity index (χ3v) is 2.65. The summed E-state index contributed by atoms with van der Waals surface area (Å²) in [5.41, 5.74) is 1.44. The second-order valence-electron chi connectivity index (χ2n) is 4.05. The van der Waals surface area contributed by atoms with Crippen molar-refractivity contribution in [2.75, 3.05) is 5.32 Å². The van der Waals surface area contributed by atoms with E-state index in [4.69, 9.17) is 9.52 Å². The molecule has 0 bridgehead atoms. The lowest BCUT2D eigenvalue weighted by Gasteiger charge is -2.02. The van der Waals surface area contributed by atoms with Gasteiger partial charge in [-0.3, -0.25) is 0 Å². The van der Waals surface area contributed by atoms with Gasteiger partial charge in [0.1, 0.15) is 11.3 Å². The second kappa shape index (κ2) is 4.96. The van der Waals surface area contributed by atoms with Gasteiger partial charge in [0, 0.05) is 0 Å². The summed E-state index contributed by atoms with van der Waals surface area (Å²) in [6.45, 7) is 0.285. The van der Waals surface area contributed by atoms with Gasteiger partial charge >= 0.3 is 5.97 Å². The first-order valence-corrected chi connectivity index (χ1v) is 5.88. The van der Waals surface area contributed by atoms with Crippen molar-refractivity contribution < 1.29 is 14.3 Å². The predicted octanol–water partition coefficient (Wildman–Crippen LogP) is 1.93. The lowest BCUT2D eigenvalue weighted by atomic mass is 10.3. The summed E-state index contributed by atoms with van der Waals surface area (Å²) in [5.74, 6) is -0.352. The number of anilines is 1. The predicted molar refractivity (Wildman–Crippen MR) is 70.3 cm³/mol. The first-order valence-electron chi connectivity index (χ1n) is 5.88. The van der Waals surface area contributed by atoms with E-state index in [2.05, 4.69) is 20.5 Å². The van der Waals surface area contributed by atoms with Gasteiger partial charge in [0.05, 0.1) is 12.1 Å². The highest BCUT2D eigenvalue weighted by atomic mass is 16.4. The molecule has 0 saturated heterocycles. The molecule has 7 nitrogen and oxygen atoms in total. The first-order chi connectivity index (χ1) is 9.72. The maximum Gasteiger partial charge on any atom is 0.371 e. The number of aromatic carboxylic acids is 1. The van der Waals surface area contributed by atoms with Crippen LogP contribution in [0.4, 0.5) is 5.95 Å². The molecule has 0 amide bonds. The molecule has 100 valence electrons. The fourth-order valence-electron chi connectivity index (χ4n) is 1.71. The number of nitrogens with one attached hydrogen (secondary N) is 1. The fraction of sp³-hybridized carbons (Fsp3) is 0.0769. The number of carboxylic acids is 1. The fourth-order valence-corrected chi connectivity index (χ4v) is 1.71. The zero-order valence-electron chi connectivity index (χ0n) is 10.3. The van der Waals surface area contributed by atoms with Gasteiger partial charge in [-0.25, -0.2) is 9.78 Å². The molecule has 2 aromatic heterocycles. The lowest BCUT2D eigenvalue weighted by Crippen LogP contribution is -2.04. The van der Waals surface area contributed by atoms with Gasteiger partial charge in [-0.15, -0.1) is 10.2 Å². The minimum absolute atomic E-state index is 0.0978. The van der Waals surface area contributed by atoms with E-state index in [1.165, 1.54) is 6.07 Å². The van der Waals surface area contributed by atoms with Crippen LogP contribution in [0.25, 0.3) is 11.0 Å². The number of para-hydroxylation sites is 1. The standard InChI is InChI=1S/C13H10N4O3/c18-12(19)11-6-5-8(20-11)7-14-13-15-9-3-1-2-4-10(9)16-17-13/h1-6H,7H2,(H,18,19)(H,14,15,17). The average molecular weight is 270 g/mol. The van der Waals surface area contributed by atoms with Crippen molar-refractivity contribution in [1.29, 1.82) is 0 Å². The van der Waals surface area contributed by atoms with E-state index in [0.29, 0.717) is 17.2 Å². The molecule has 0 atom stereocenters. The van der Waals surface area contributed by atoms with Crippen LogP contribution in [0.15, 0.2) is 40.8 Å². The van der Waals surface area contributed by atoms with Gasteiger partial charge in [-0.1, -0.05) is 12.1 Å². The minimum atomic E-state index is -1.10. The Morgan fingerprint density at radius 1 is 1.15 bits per heavy atom. The van der Waals surface area contributed by atoms with E-state index in [1.807, 2.05) is 24.3 Å². The Morgan fingerprint density at radius 2 is 1.95 bits per heavy atom. The number of nitrogens with zero attached hydrogens (tertiary/aromatic N) is 3. The Bertz CT molecular complexity index is 769. The number of benzene rings is 1. The summed E-state index contributed by atoms with van der Waals surface area (Å²) in [7, 11) is 0. The Hall–Kier alpha value is -2.96. The molecule has 0 fully saturated rings. The van der Waals surface area contributed by atoms with E-state index < -0.39 is 5.97 Å². The highest BCUT2D eigenvalue weighted by Crippen LogP contribution is 2.11. The van der Waals surface area contributed by atoms with Crippen LogP contribution in [0.5, 0.6) is 0 Å². The monoisotopic (exact) mass is 270 g/mol. The van der Waals surface area contributed by atoms with Crippen LogP contribution in [0.2, 0.25) is 0 Å². The number of hydrogen-bond acceptors (Lipinski definition) is 6. The van der Waals surface area contributed by atoms with Gasteiger partial charge in [0.2, 0.25) is 11.7 Å². The molecule has 0 aliphatic carbocycles. The van der Waals surface area contributed by atoms with Crippen molar-refractivity contribution >= 4 is 23.0 Å². The van der Waals surface area contributed by atoms with E-state index in [1.54, 1.807) is 6.07 Å². The first kappa shape index (κ1) is 12.1. The van der Waals surface area contributed by atoms with E-state index >= 15 is 0 Å². The third kappa shape index (κ3) is 2.41. The Kier molecular flexibility index (Phi) is 3.00. The Morgan fingerprint density at radius 3 is 2.70 bits per heavy atom. The maximum atomic E-state index is 10.7. The molecule has 20 heavy (non-hydrogen) atoms. The van der Waals surface area contributed by atoms with E-state index in [-0.39, 0.29) is 12.3 Å².